The third-order valence-electron chi connectivity index (χ3n) is 2.50. The fourth-order valence-corrected chi connectivity index (χ4v) is 1.15. The van der Waals surface area contributed by atoms with Gasteiger partial charge in [0.2, 0.25) is 5.91 Å². The van der Waals surface area contributed by atoms with Gasteiger partial charge in [0.05, 0.1) is 12.7 Å². The lowest BCUT2D eigenvalue weighted by atomic mass is 10.1. The van der Waals surface area contributed by atoms with Crippen LogP contribution in [0, 0.1) is 5.41 Å². The smallest absolute Gasteiger partial charge is 0.246 e. The molecule has 4 nitrogen and oxygen atoms in total. The third kappa shape index (κ3) is 3.64. The van der Waals surface area contributed by atoms with Gasteiger partial charge in [-0.15, -0.1) is 0 Å². The van der Waals surface area contributed by atoms with E-state index in [-0.39, 0.29) is 30.6 Å². The highest BCUT2D eigenvalue weighted by atomic mass is 16.5. The van der Waals surface area contributed by atoms with Crippen LogP contribution in [0.15, 0.2) is 0 Å². The Hall–Kier alpha value is -0.610. The Morgan fingerprint density at radius 3 is 2.64 bits per heavy atom. The molecule has 4 heteroatoms. The van der Waals surface area contributed by atoms with Gasteiger partial charge in [0.25, 0.3) is 0 Å². The van der Waals surface area contributed by atoms with Gasteiger partial charge in [-0.1, -0.05) is 0 Å². The van der Waals surface area contributed by atoms with Crippen LogP contribution in [0.5, 0.6) is 0 Å². The first-order chi connectivity index (χ1) is 6.58. The quantitative estimate of drug-likeness (QED) is 0.650. The summed E-state index contributed by atoms with van der Waals surface area (Å²) in [5.74, 6) is -0.0987. The van der Waals surface area contributed by atoms with Gasteiger partial charge in [-0.05, 0) is 26.7 Å². The van der Waals surface area contributed by atoms with Crippen LogP contribution in [0.3, 0.4) is 0 Å². The van der Waals surface area contributed by atoms with Crippen LogP contribution in [0.4, 0.5) is 0 Å². The Bertz CT molecular complexity index is 200. The van der Waals surface area contributed by atoms with E-state index in [1.54, 1.807) is 0 Å². The highest BCUT2D eigenvalue weighted by molar-refractivity contribution is 5.77. The molecule has 14 heavy (non-hydrogen) atoms. The van der Waals surface area contributed by atoms with E-state index in [1.165, 1.54) is 0 Å². The molecule has 0 spiro atoms. The SMILES string of the molecule is CC(C)OCC(=O)NCC1(CO)CC1. The lowest BCUT2D eigenvalue weighted by Crippen LogP contribution is -2.34. The number of aliphatic hydroxyl groups is 1. The van der Waals surface area contributed by atoms with Crippen LogP contribution >= 0.6 is 0 Å². The molecular weight excluding hydrogens is 182 g/mol. The van der Waals surface area contributed by atoms with E-state index in [9.17, 15) is 4.79 Å². The molecular formula is C10H19NO3. The molecule has 0 saturated heterocycles. The van der Waals surface area contributed by atoms with Crippen LogP contribution in [0.25, 0.3) is 0 Å². The average molecular weight is 201 g/mol. The first-order valence-electron chi connectivity index (χ1n) is 5.07. The summed E-state index contributed by atoms with van der Waals surface area (Å²) in [5.41, 5.74) is -0.0203. The molecule has 82 valence electrons. The van der Waals surface area contributed by atoms with Gasteiger partial charge in [0, 0.05) is 12.0 Å². The van der Waals surface area contributed by atoms with Gasteiger partial charge in [0.1, 0.15) is 6.61 Å². The second-order valence-electron chi connectivity index (χ2n) is 4.29. The summed E-state index contributed by atoms with van der Waals surface area (Å²) in [6.07, 6.45) is 2.09. The molecule has 0 atom stereocenters. The van der Waals surface area contributed by atoms with Crippen molar-refractivity contribution in [3.8, 4) is 0 Å². The second-order valence-corrected chi connectivity index (χ2v) is 4.29. The number of carbonyl (C=O) groups is 1. The molecule has 0 aromatic rings. The van der Waals surface area contributed by atoms with Crippen molar-refractivity contribution in [2.75, 3.05) is 19.8 Å². The molecule has 0 aromatic heterocycles. The Balaban J connectivity index is 2.09. The van der Waals surface area contributed by atoms with Gasteiger partial charge < -0.3 is 15.2 Å². The van der Waals surface area contributed by atoms with Crippen LogP contribution < -0.4 is 5.32 Å². The lowest BCUT2D eigenvalue weighted by molar-refractivity contribution is -0.127. The van der Waals surface area contributed by atoms with Gasteiger partial charge in [-0.25, -0.2) is 0 Å². The molecule has 1 saturated carbocycles. The minimum absolute atomic E-state index is 0.0203. The predicted octanol–water partition coefficient (Wildman–Crippen LogP) is 0.300. The number of nitrogens with one attached hydrogen (secondary N) is 1. The largest absolute Gasteiger partial charge is 0.396 e. The van der Waals surface area contributed by atoms with Crippen molar-refractivity contribution in [1.29, 1.82) is 0 Å². The summed E-state index contributed by atoms with van der Waals surface area (Å²) in [6.45, 7) is 4.63. The van der Waals surface area contributed by atoms with E-state index in [2.05, 4.69) is 5.32 Å². The fourth-order valence-electron chi connectivity index (χ4n) is 1.15. The maximum atomic E-state index is 11.2. The maximum Gasteiger partial charge on any atom is 0.246 e. The van der Waals surface area contributed by atoms with Crippen molar-refractivity contribution in [3.05, 3.63) is 0 Å². The minimum Gasteiger partial charge on any atom is -0.396 e. The van der Waals surface area contributed by atoms with E-state index in [1.807, 2.05) is 13.8 Å². The summed E-state index contributed by atoms with van der Waals surface area (Å²) in [4.78, 5) is 11.2. The molecule has 1 aliphatic carbocycles. The van der Waals surface area contributed by atoms with E-state index in [0.29, 0.717) is 6.54 Å². The number of rotatable bonds is 6. The van der Waals surface area contributed by atoms with E-state index >= 15 is 0 Å². The summed E-state index contributed by atoms with van der Waals surface area (Å²) < 4.78 is 5.15. The van der Waals surface area contributed by atoms with E-state index in [0.717, 1.165) is 12.8 Å². The molecule has 1 amide bonds. The molecule has 0 heterocycles. The average Bonchev–Trinajstić information content (AvgIpc) is 2.92. The number of aliphatic hydroxyl groups excluding tert-OH is 1. The highest BCUT2D eigenvalue weighted by Gasteiger charge is 2.41. The zero-order valence-corrected chi connectivity index (χ0v) is 8.88. The maximum absolute atomic E-state index is 11.2. The molecule has 1 aliphatic rings. The summed E-state index contributed by atoms with van der Waals surface area (Å²) in [7, 11) is 0. The lowest BCUT2D eigenvalue weighted by Gasteiger charge is -2.13. The molecule has 0 bridgehead atoms. The first-order valence-corrected chi connectivity index (χ1v) is 5.07. The third-order valence-corrected chi connectivity index (χ3v) is 2.50. The van der Waals surface area contributed by atoms with Gasteiger partial charge >= 0.3 is 0 Å². The van der Waals surface area contributed by atoms with E-state index < -0.39 is 0 Å². The normalized spacial score (nSPS) is 18.3. The topological polar surface area (TPSA) is 58.6 Å². The minimum atomic E-state index is -0.0987. The van der Waals surface area contributed by atoms with Gasteiger partial charge in [-0.3, -0.25) is 4.79 Å². The fraction of sp³-hybridized carbons (Fsp3) is 0.900. The molecule has 1 fully saturated rings. The Kier molecular flexibility index (Phi) is 3.89. The van der Waals surface area contributed by atoms with Gasteiger partial charge in [0.15, 0.2) is 0 Å². The zero-order valence-electron chi connectivity index (χ0n) is 8.88. The summed E-state index contributed by atoms with van der Waals surface area (Å²) >= 11 is 0. The Morgan fingerprint density at radius 2 is 2.21 bits per heavy atom. The molecule has 0 unspecified atom stereocenters. The van der Waals surface area contributed by atoms with E-state index in [4.69, 9.17) is 9.84 Å². The van der Waals surface area contributed by atoms with Crippen molar-refractivity contribution in [3.63, 3.8) is 0 Å². The van der Waals surface area contributed by atoms with Crippen molar-refractivity contribution in [2.45, 2.75) is 32.8 Å². The first kappa shape index (κ1) is 11.5. The predicted molar refractivity (Wildman–Crippen MR) is 52.9 cm³/mol. The second kappa shape index (κ2) is 4.75. The molecule has 0 aromatic carbocycles. The van der Waals surface area contributed by atoms with Crippen LogP contribution in [0.1, 0.15) is 26.7 Å². The summed E-state index contributed by atoms with van der Waals surface area (Å²) in [5, 5.41) is 11.8. The van der Waals surface area contributed by atoms with Crippen LogP contribution in [-0.4, -0.2) is 36.9 Å². The number of hydrogen-bond donors (Lipinski definition) is 2. The Labute approximate surface area is 84.6 Å². The van der Waals surface area contributed by atoms with Crippen molar-refractivity contribution in [2.24, 2.45) is 5.41 Å². The van der Waals surface area contributed by atoms with Gasteiger partial charge in [-0.2, -0.15) is 0 Å². The van der Waals surface area contributed by atoms with Crippen LogP contribution in [-0.2, 0) is 9.53 Å². The van der Waals surface area contributed by atoms with Crippen LogP contribution in [0.2, 0.25) is 0 Å². The van der Waals surface area contributed by atoms with Crippen molar-refractivity contribution in [1.82, 2.24) is 5.32 Å². The highest BCUT2D eigenvalue weighted by Crippen LogP contribution is 2.44. The number of hydrogen-bond acceptors (Lipinski definition) is 3. The molecule has 1 rings (SSSR count). The number of amides is 1. The monoisotopic (exact) mass is 201 g/mol. The number of carbonyl (C=O) groups excluding carboxylic acids is 1. The molecule has 2 N–H and O–H groups in total. The number of ether oxygens (including phenoxy) is 1. The van der Waals surface area contributed by atoms with Crippen molar-refractivity contribution >= 4 is 5.91 Å². The van der Waals surface area contributed by atoms with Crippen molar-refractivity contribution < 1.29 is 14.6 Å². The molecule has 0 radical (unpaired) electrons. The standard InChI is InChI=1S/C10H19NO3/c1-8(2)14-5-9(13)11-6-10(7-12)3-4-10/h8,12H,3-7H2,1-2H3,(H,11,13). The summed E-state index contributed by atoms with van der Waals surface area (Å²) in [6, 6.07) is 0. The Morgan fingerprint density at radius 1 is 1.57 bits per heavy atom. The zero-order chi connectivity index (χ0) is 10.6. The molecule has 0 aliphatic heterocycles.